The van der Waals surface area contributed by atoms with Crippen LogP contribution in [0, 0.1) is 0 Å². The fraction of sp³-hybridized carbons (Fsp3) is 0.333. The molecule has 0 radical (unpaired) electrons. The minimum atomic E-state index is -0.271. The van der Waals surface area contributed by atoms with Crippen molar-refractivity contribution in [1.29, 1.82) is 0 Å². The molecule has 0 fully saturated rings. The second kappa shape index (κ2) is 4.94. The van der Waals surface area contributed by atoms with E-state index in [1.807, 2.05) is 30.3 Å². The maximum Gasteiger partial charge on any atom is 0.134 e. The van der Waals surface area contributed by atoms with Gasteiger partial charge in [0, 0.05) is 5.39 Å². The van der Waals surface area contributed by atoms with Gasteiger partial charge in [0.05, 0.1) is 13.2 Å². The van der Waals surface area contributed by atoms with Gasteiger partial charge in [0.2, 0.25) is 0 Å². The highest BCUT2D eigenvalue weighted by atomic mass is 19.1. The summed E-state index contributed by atoms with van der Waals surface area (Å²) in [6.07, 6.45) is 0.556. The van der Waals surface area contributed by atoms with Crippen molar-refractivity contribution in [3.05, 3.63) is 36.1 Å². The van der Waals surface area contributed by atoms with Gasteiger partial charge < -0.3 is 9.73 Å². The number of alkyl halides is 1. The highest BCUT2D eigenvalue weighted by Gasteiger charge is 2.01. The lowest BCUT2D eigenvalue weighted by Gasteiger charge is -1.98. The number of nitrogens with one attached hydrogen (secondary N) is 1. The highest BCUT2D eigenvalue weighted by molar-refractivity contribution is 5.77. The van der Waals surface area contributed by atoms with E-state index in [-0.39, 0.29) is 6.67 Å². The molecule has 0 amide bonds. The van der Waals surface area contributed by atoms with Gasteiger partial charge in [-0.15, -0.1) is 0 Å². The number of rotatable bonds is 5. The fourth-order valence-corrected chi connectivity index (χ4v) is 1.53. The van der Waals surface area contributed by atoms with Crippen molar-refractivity contribution in [1.82, 2.24) is 5.32 Å². The van der Waals surface area contributed by atoms with E-state index < -0.39 is 0 Å². The number of para-hydroxylation sites is 1. The normalized spacial score (nSPS) is 11.0. The molecule has 2 nitrogen and oxygen atoms in total. The van der Waals surface area contributed by atoms with Crippen LogP contribution in [-0.2, 0) is 6.54 Å². The summed E-state index contributed by atoms with van der Waals surface area (Å²) in [6, 6.07) is 9.91. The van der Waals surface area contributed by atoms with E-state index in [9.17, 15) is 4.39 Å². The Balaban J connectivity index is 1.97. The summed E-state index contributed by atoms with van der Waals surface area (Å²) in [5, 5.41) is 4.24. The molecule has 0 aliphatic rings. The third-order valence-corrected chi connectivity index (χ3v) is 2.26. The van der Waals surface area contributed by atoms with Crippen LogP contribution in [0.3, 0.4) is 0 Å². The van der Waals surface area contributed by atoms with Crippen LogP contribution in [0.5, 0.6) is 0 Å². The van der Waals surface area contributed by atoms with Crippen LogP contribution >= 0.6 is 0 Å². The van der Waals surface area contributed by atoms with E-state index in [0.29, 0.717) is 19.5 Å². The molecule has 2 aromatic rings. The third-order valence-electron chi connectivity index (χ3n) is 2.26. The zero-order chi connectivity index (χ0) is 10.5. The molecule has 1 aromatic heterocycles. The van der Waals surface area contributed by atoms with Crippen LogP contribution in [0.15, 0.2) is 34.7 Å². The molecule has 2 rings (SSSR count). The van der Waals surface area contributed by atoms with Crippen LogP contribution < -0.4 is 5.32 Å². The van der Waals surface area contributed by atoms with E-state index in [2.05, 4.69) is 5.32 Å². The minimum Gasteiger partial charge on any atom is -0.460 e. The Labute approximate surface area is 88.1 Å². The van der Waals surface area contributed by atoms with Gasteiger partial charge in [-0.05, 0) is 25.1 Å². The Morgan fingerprint density at radius 3 is 2.93 bits per heavy atom. The van der Waals surface area contributed by atoms with E-state index in [4.69, 9.17) is 4.42 Å². The lowest BCUT2D eigenvalue weighted by molar-refractivity contribution is 0.448. The average molecular weight is 207 g/mol. The Kier molecular flexibility index (Phi) is 3.35. The van der Waals surface area contributed by atoms with Gasteiger partial charge in [0.1, 0.15) is 11.3 Å². The van der Waals surface area contributed by atoms with Crippen molar-refractivity contribution in [2.75, 3.05) is 13.2 Å². The largest absolute Gasteiger partial charge is 0.460 e. The molecule has 0 bridgehead atoms. The Morgan fingerprint density at radius 1 is 1.27 bits per heavy atom. The summed E-state index contributed by atoms with van der Waals surface area (Å²) in [7, 11) is 0. The highest BCUT2D eigenvalue weighted by Crippen LogP contribution is 2.18. The molecule has 0 atom stereocenters. The number of benzene rings is 1. The maximum atomic E-state index is 11.8. The molecular weight excluding hydrogens is 193 g/mol. The van der Waals surface area contributed by atoms with Gasteiger partial charge in [-0.2, -0.15) is 0 Å². The van der Waals surface area contributed by atoms with E-state index in [0.717, 1.165) is 16.7 Å². The molecule has 0 saturated carbocycles. The van der Waals surface area contributed by atoms with E-state index in [1.165, 1.54) is 0 Å². The van der Waals surface area contributed by atoms with Gasteiger partial charge in [-0.25, -0.2) is 0 Å². The molecule has 1 N–H and O–H groups in total. The summed E-state index contributed by atoms with van der Waals surface area (Å²) in [4.78, 5) is 0. The van der Waals surface area contributed by atoms with Crippen molar-refractivity contribution in [2.24, 2.45) is 0 Å². The molecule has 3 heteroatoms. The monoisotopic (exact) mass is 207 g/mol. The van der Waals surface area contributed by atoms with Crippen LogP contribution in [0.4, 0.5) is 4.39 Å². The first-order valence-electron chi connectivity index (χ1n) is 5.14. The zero-order valence-electron chi connectivity index (χ0n) is 8.50. The Bertz CT molecular complexity index is 391. The van der Waals surface area contributed by atoms with Crippen molar-refractivity contribution in [2.45, 2.75) is 13.0 Å². The molecule has 0 saturated heterocycles. The predicted molar refractivity (Wildman–Crippen MR) is 58.5 cm³/mol. The molecule has 0 aliphatic heterocycles. The summed E-state index contributed by atoms with van der Waals surface area (Å²) < 4.78 is 17.4. The maximum absolute atomic E-state index is 11.8. The lowest BCUT2D eigenvalue weighted by atomic mass is 10.2. The van der Waals surface area contributed by atoms with Gasteiger partial charge in [-0.1, -0.05) is 18.2 Å². The summed E-state index contributed by atoms with van der Waals surface area (Å²) >= 11 is 0. The fourth-order valence-electron chi connectivity index (χ4n) is 1.53. The van der Waals surface area contributed by atoms with Crippen LogP contribution in [0.25, 0.3) is 11.0 Å². The second-order valence-electron chi connectivity index (χ2n) is 3.47. The topological polar surface area (TPSA) is 25.2 Å². The third kappa shape index (κ3) is 2.57. The molecule has 0 spiro atoms. The quantitative estimate of drug-likeness (QED) is 0.762. The Hall–Kier alpha value is -1.35. The number of halogens is 1. The van der Waals surface area contributed by atoms with E-state index in [1.54, 1.807) is 0 Å². The number of furan rings is 1. The van der Waals surface area contributed by atoms with Gasteiger partial charge in [0.15, 0.2) is 0 Å². The van der Waals surface area contributed by atoms with Crippen molar-refractivity contribution in [3.8, 4) is 0 Å². The standard InChI is InChI=1S/C12H14FNO/c13-6-3-7-14-9-11-8-10-4-1-2-5-12(10)15-11/h1-2,4-5,8,14H,3,6-7,9H2. The summed E-state index contributed by atoms with van der Waals surface area (Å²) in [5.41, 5.74) is 0.903. The Morgan fingerprint density at radius 2 is 2.13 bits per heavy atom. The van der Waals surface area contributed by atoms with Crippen LogP contribution in [-0.4, -0.2) is 13.2 Å². The molecule has 1 aromatic carbocycles. The number of hydrogen-bond acceptors (Lipinski definition) is 2. The molecule has 15 heavy (non-hydrogen) atoms. The zero-order valence-corrected chi connectivity index (χ0v) is 8.50. The van der Waals surface area contributed by atoms with Crippen molar-refractivity contribution in [3.63, 3.8) is 0 Å². The number of hydrogen-bond donors (Lipinski definition) is 1. The summed E-state index contributed by atoms with van der Waals surface area (Å²) in [5.74, 6) is 0.898. The second-order valence-corrected chi connectivity index (χ2v) is 3.47. The van der Waals surface area contributed by atoms with Gasteiger partial charge in [0.25, 0.3) is 0 Å². The predicted octanol–water partition coefficient (Wildman–Crippen LogP) is 2.88. The molecular formula is C12H14FNO. The minimum absolute atomic E-state index is 0.271. The molecule has 0 unspecified atom stereocenters. The number of fused-ring (bicyclic) bond motifs is 1. The summed E-state index contributed by atoms with van der Waals surface area (Å²) in [6.45, 7) is 1.08. The molecule has 0 aliphatic carbocycles. The van der Waals surface area contributed by atoms with Gasteiger partial charge in [-0.3, -0.25) is 4.39 Å². The molecule has 1 heterocycles. The first-order valence-corrected chi connectivity index (χ1v) is 5.14. The first kappa shape index (κ1) is 10.2. The lowest BCUT2D eigenvalue weighted by Crippen LogP contribution is -2.14. The first-order chi connectivity index (χ1) is 7.40. The van der Waals surface area contributed by atoms with Crippen LogP contribution in [0.1, 0.15) is 12.2 Å². The van der Waals surface area contributed by atoms with Crippen molar-refractivity contribution < 1.29 is 8.81 Å². The average Bonchev–Trinajstić information content (AvgIpc) is 2.67. The van der Waals surface area contributed by atoms with Crippen molar-refractivity contribution >= 4 is 11.0 Å². The van der Waals surface area contributed by atoms with Gasteiger partial charge >= 0.3 is 0 Å². The molecule has 80 valence electrons. The van der Waals surface area contributed by atoms with E-state index >= 15 is 0 Å². The SMILES string of the molecule is FCCCNCc1cc2ccccc2o1. The smallest absolute Gasteiger partial charge is 0.134 e. The van der Waals surface area contributed by atoms with Crippen LogP contribution in [0.2, 0.25) is 0 Å².